The van der Waals surface area contributed by atoms with Crippen LogP contribution in [-0.2, 0) is 9.53 Å². The first-order valence-corrected chi connectivity index (χ1v) is 9.12. The number of methoxy groups -OCH3 is 2. The van der Waals surface area contributed by atoms with Crippen LogP contribution in [0.15, 0.2) is 24.3 Å². The zero-order chi connectivity index (χ0) is 20.3. The van der Waals surface area contributed by atoms with E-state index in [1.807, 2.05) is 0 Å². The molecular weight excluding hydrogens is 380 g/mol. The molecule has 2 aliphatic heterocycles. The summed E-state index contributed by atoms with van der Waals surface area (Å²) in [6.07, 6.45) is 0. The summed E-state index contributed by atoms with van der Waals surface area (Å²) >= 11 is 0. The molecule has 2 aromatic carbocycles. The molecule has 1 saturated heterocycles. The Morgan fingerprint density at radius 2 is 1.62 bits per heavy atom. The van der Waals surface area contributed by atoms with Crippen LogP contribution in [0.5, 0.6) is 28.7 Å². The molecule has 150 valence electrons. The van der Waals surface area contributed by atoms with E-state index in [9.17, 15) is 14.7 Å². The molecule has 29 heavy (non-hydrogen) atoms. The molecule has 0 unspecified atom stereocenters. The van der Waals surface area contributed by atoms with Gasteiger partial charge in [-0.2, -0.15) is 0 Å². The Labute approximate surface area is 165 Å². The van der Waals surface area contributed by atoms with Crippen molar-refractivity contribution in [3.8, 4) is 28.7 Å². The van der Waals surface area contributed by atoms with E-state index >= 15 is 0 Å². The van der Waals surface area contributed by atoms with E-state index in [4.69, 9.17) is 23.7 Å². The summed E-state index contributed by atoms with van der Waals surface area (Å²) < 4.78 is 26.7. The Hall–Kier alpha value is -3.42. The van der Waals surface area contributed by atoms with Crippen LogP contribution in [0.3, 0.4) is 0 Å². The molecule has 3 aliphatic rings. The van der Waals surface area contributed by atoms with Gasteiger partial charge in [-0.1, -0.05) is 0 Å². The number of esters is 1. The molecule has 0 aromatic heterocycles. The standard InChI is InChI=1S/C21H18O8/c1-25-15-3-9(4-16(26-2)20(15)23)17-10-5-13-14(29-8-28-13)6-11(10)19(22)12-7-27-21(24)18(12)17/h3-6,12,17-18,23H,7-8H2,1-2H3/t12-,17-,18+/m1/s1. The molecule has 2 aromatic rings. The highest BCUT2D eigenvalue weighted by atomic mass is 16.7. The Kier molecular flexibility index (Phi) is 3.84. The van der Waals surface area contributed by atoms with Crippen molar-refractivity contribution in [2.45, 2.75) is 5.92 Å². The van der Waals surface area contributed by atoms with Crippen LogP contribution >= 0.6 is 0 Å². The Bertz CT molecular complexity index is 1020. The lowest BCUT2D eigenvalue weighted by Gasteiger charge is -2.32. The van der Waals surface area contributed by atoms with Crippen LogP contribution in [0, 0.1) is 11.8 Å². The van der Waals surface area contributed by atoms with E-state index in [0.29, 0.717) is 28.2 Å². The molecule has 0 bridgehead atoms. The molecule has 0 spiro atoms. The highest BCUT2D eigenvalue weighted by Gasteiger charge is 2.52. The third-order valence-electron chi connectivity index (χ3n) is 5.81. The fourth-order valence-electron chi connectivity index (χ4n) is 4.45. The van der Waals surface area contributed by atoms with Gasteiger partial charge in [-0.3, -0.25) is 9.59 Å². The molecule has 0 radical (unpaired) electrons. The van der Waals surface area contributed by atoms with Gasteiger partial charge in [0.1, 0.15) is 6.61 Å². The monoisotopic (exact) mass is 398 g/mol. The second-order valence-electron chi connectivity index (χ2n) is 7.17. The quantitative estimate of drug-likeness (QED) is 0.786. The van der Waals surface area contributed by atoms with E-state index in [2.05, 4.69) is 0 Å². The van der Waals surface area contributed by atoms with Gasteiger partial charge >= 0.3 is 5.97 Å². The largest absolute Gasteiger partial charge is 0.502 e. The Morgan fingerprint density at radius 1 is 0.966 bits per heavy atom. The summed E-state index contributed by atoms with van der Waals surface area (Å²) in [5, 5.41) is 10.3. The third kappa shape index (κ3) is 2.45. The maximum absolute atomic E-state index is 13.1. The van der Waals surface area contributed by atoms with E-state index in [1.165, 1.54) is 14.2 Å². The minimum atomic E-state index is -0.686. The number of benzene rings is 2. The van der Waals surface area contributed by atoms with Crippen LogP contribution in [0.2, 0.25) is 0 Å². The van der Waals surface area contributed by atoms with Crippen molar-refractivity contribution in [1.82, 2.24) is 0 Å². The van der Waals surface area contributed by atoms with Crippen molar-refractivity contribution in [1.29, 1.82) is 0 Å². The van der Waals surface area contributed by atoms with Gasteiger partial charge in [0, 0.05) is 11.5 Å². The molecule has 5 rings (SSSR count). The van der Waals surface area contributed by atoms with Gasteiger partial charge in [0.2, 0.25) is 12.5 Å². The van der Waals surface area contributed by atoms with E-state index in [1.54, 1.807) is 24.3 Å². The SMILES string of the molecule is COc1cc([C@@H]2c3cc4c(cc3C(=O)[C@@H]3COC(=O)[C@H]23)OCO4)cc(OC)c1O. The Balaban J connectivity index is 1.76. The topological polar surface area (TPSA) is 101 Å². The minimum Gasteiger partial charge on any atom is -0.502 e. The fourth-order valence-corrected chi connectivity index (χ4v) is 4.45. The molecule has 2 heterocycles. The van der Waals surface area contributed by atoms with Crippen LogP contribution < -0.4 is 18.9 Å². The number of ketones is 1. The van der Waals surface area contributed by atoms with Crippen molar-refractivity contribution in [3.05, 3.63) is 41.0 Å². The highest BCUT2D eigenvalue weighted by Crippen LogP contribution is 2.52. The number of hydrogen-bond acceptors (Lipinski definition) is 8. The average Bonchev–Trinajstić information content (AvgIpc) is 3.34. The van der Waals surface area contributed by atoms with Crippen LogP contribution in [0.25, 0.3) is 0 Å². The normalized spacial score (nSPS) is 24.0. The lowest BCUT2D eigenvalue weighted by atomic mass is 9.67. The number of hydrogen-bond donors (Lipinski definition) is 1. The summed E-state index contributed by atoms with van der Waals surface area (Å²) in [5.74, 6) is -1.05. The van der Waals surface area contributed by atoms with Crippen molar-refractivity contribution < 1.29 is 38.4 Å². The number of Topliss-reactive ketones (excluding diaryl/α,β-unsaturated/α-hetero) is 1. The third-order valence-corrected chi connectivity index (χ3v) is 5.81. The fraction of sp³-hybridized carbons (Fsp3) is 0.333. The minimum absolute atomic E-state index is 0.0407. The van der Waals surface area contributed by atoms with E-state index in [-0.39, 0.29) is 36.4 Å². The predicted octanol–water partition coefficient (Wildman–Crippen LogP) is 2.26. The molecule has 1 N–H and O–H groups in total. The molecule has 1 aliphatic carbocycles. The maximum Gasteiger partial charge on any atom is 0.310 e. The number of fused-ring (bicyclic) bond motifs is 3. The predicted molar refractivity (Wildman–Crippen MR) is 97.9 cm³/mol. The maximum atomic E-state index is 13.1. The average molecular weight is 398 g/mol. The van der Waals surface area contributed by atoms with Gasteiger partial charge in [-0.25, -0.2) is 0 Å². The van der Waals surface area contributed by atoms with Crippen LogP contribution in [0.1, 0.15) is 27.4 Å². The number of phenols is 1. The highest BCUT2D eigenvalue weighted by molar-refractivity contribution is 6.05. The van der Waals surface area contributed by atoms with Crippen LogP contribution in [-0.4, -0.2) is 44.5 Å². The van der Waals surface area contributed by atoms with Crippen molar-refractivity contribution in [3.63, 3.8) is 0 Å². The van der Waals surface area contributed by atoms with Gasteiger partial charge in [0.25, 0.3) is 0 Å². The summed E-state index contributed by atoms with van der Waals surface area (Å²) in [6.45, 7) is 0.117. The van der Waals surface area contributed by atoms with Crippen molar-refractivity contribution in [2.75, 3.05) is 27.6 Å². The van der Waals surface area contributed by atoms with E-state index < -0.39 is 23.7 Å². The molecule has 0 saturated carbocycles. The van der Waals surface area contributed by atoms with E-state index in [0.717, 1.165) is 0 Å². The lowest BCUT2D eigenvalue weighted by Crippen LogP contribution is -2.36. The van der Waals surface area contributed by atoms with Gasteiger partial charge in [0.15, 0.2) is 28.8 Å². The number of rotatable bonds is 3. The Morgan fingerprint density at radius 3 is 2.28 bits per heavy atom. The zero-order valence-electron chi connectivity index (χ0n) is 15.8. The first-order valence-electron chi connectivity index (χ1n) is 9.12. The second-order valence-corrected chi connectivity index (χ2v) is 7.17. The number of carbonyl (C=O) groups excluding carboxylic acids is 2. The van der Waals surface area contributed by atoms with Crippen molar-refractivity contribution >= 4 is 11.8 Å². The molecular formula is C21H18O8. The molecule has 8 nitrogen and oxygen atoms in total. The number of cyclic esters (lactones) is 1. The number of carbonyl (C=O) groups is 2. The smallest absolute Gasteiger partial charge is 0.310 e. The second kappa shape index (κ2) is 6.30. The number of aromatic hydroxyl groups is 1. The lowest BCUT2D eigenvalue weighted by molar-refractivity contribution is -0.141. The summed E-state index contributed by atoms with van der Waals surface area (Å²) in [6, 6.07) is 6.71. The molecule has 8 heteroatoms. The summed E-state index contributed by atoms with van der Waals surface area (Å²) in [5.41, 5.74) is 1.79. The molecule has 0 amide bonds. The van der Waals surface area contributed by atoms with Crippen molar-refractivity contribution in [2.24, 2.45) is 11.8 Å². The number of ether oxygens (including phenoxy) is 5. The molecule has 1 fully saturated rings. The zero-order valence-corrected chi connectivity index (χ0v) is 15.8. The van der Waals surface area contributed by atoms with Gasteiger partial charge < -0.3 is 28.8 Å². The first kappa shape index (κ1) is 17.7. The summed E-state index contributed by atoms with van der Waals surface area (Å²) in [4.78, 5) is 25.7. The van der Waals surface area contributed by atoms with Gasteiger partial charge in [-0.05, 0) is 35.4 Å². The summed E-state index contributed by atoms with van der Waals surface area (Å²) in [7, 11) is 2.86. The van der Waals surface area contributed by atoms with Gasteiger partial charge in [0.05, 0.1) is 26.1 Å². The number of phenolic OH excluding ortho intramolecular Hbond substituents is 1. The van der Waals surface area contributed by atoms with Gasteiger partial charge in [-0.15, -0.1) is 0 Å². The molecule has 3 atom stereocenters. The van der Waals surface area contributed by atoms with Crippen LogP contribution in [0.4, 0.5) is 0 Å². The first-order chi connectivity index (χ1) is 14.0.